The summed E-state index contributed by atoms with van der Waals surface area (Å²) in [5.74, 6) is -4.37. The van der Waals surface area contributed by atoms with E-state index in [1.807, 2.05) is 0 Å². The third kappa shape index (κ3) is 5.23. The van der Waals surface area contributed by atoms with Gasteiger partial charge in [-0.1, -0.05) is 6.58 Å². The van der Waals surface area contributed by atoms with E-state index in [9.17, 15) is 30.0 Å². The molecule has 1 aliphatic heterocycles. The summed E-state index contributed by atoms with van der Waals surface area (Å²) in [6.45, 7) is 2.44. The molecule has 1 heterocycles. The lowest BCUT2D eigenvalue weighted by atomic mass is 9.98. The van der Waals surface area contributed by atoms with E-state index in [1.165, 1.54) is 0 Å². The number of aliphatic hydroxyl groups is 5. The van der Waals surface area contributed by atoms with Gasteiger partial charge in [-0.25, -0.2) is 0 Å². The van der Waals surface area contributed by atoms with Crippen molar-refractivity contribution in [3.8, 4) is 0 Å². The minimum absolute atomic E-state index is 0.0557. The number of ether oxygens (including phenoxy) is 3. The summed E-state index contributed by atoms with van der Waals surface area (Å²) in [4.78, 5) is 22.8. The number of unbranched alkanes of at least 4 members (excludes halogenated alkanes) is 1. The predicted molar refractivity (Wildman–Crippen MR) is 75.8 cm³/mol. The van der Waals surface area contributed by atoms with Crippen molar-refractivity contribution in [2.75, 3.05) is 6.61 Å². The van der Waals surface area contributed by atoms with Crippen LogP contribution in [0, 0.1) is 0 Å². The van der Waals surface area contributed by atoms with E-state index < -0.39 is 48.9 Å². The van der Waals surface area contributed by atoms with Crippen LogP contribution in [0.15, 0.2) is 12.8 Å². The third-order valence-electron chi connectivity index (χ3n) is 3.41. The Labute approximate surface area is 137 Å². The van der Waals surface area contributed by atoms with Crippen LogP contribution in [0.3, 0.4) is 0 Å². The first-order valence-electron chi connectivity index (χ1n) is 7.32. The maximum absolute atomic E-state index is 11.7. The number of hydrogen-bond donors (Lipinski definition) is 5. The Morgan fingerprint density at radius 2 is 1.71 bits per heavy atom. The average Bonchev–Trinajstić information content (AvgIpc) is 2.53. The van der Waals surface area contributed by atoms with Crippen LogP contribution in [0.1, 0.15) is 25.7 Å². The molecule has 1 rings (SSSR count). The Morgan fingerprint density at radius 1 is 1.12 bits per heavy atom. The van der Waals surface area contributed by atoms with Gasteiger partial charge in [0.05, 0.1) is 12.9 Å². The molecule has 0 aliphatic carbocycles. The van der Waals surface area contributed by atoms with E-state index >= 15 is 0 Å². The van der Waals surface area contributed by atoms with E-state index in [0.29, 0.717) is 6.42 Å². The number of rotatable bonds is 8. The standard InChI is InChI=1S/C14H22O10/c1-2-22-9(16)5-3-4-6-10(17)24-14(21)13(20)12(19)11(18)8(7-15)23-14/h2,8,11-13,15,18-21H,1,3-7H2/t8-,11+,12+,13-,14+/m1/s1. The van der Waals surface area contributed by atoms with Crippen LogP contribution in [0.5, 0.6) is 0 Å². The zero-order chi connectivity index (χ0) is 18.3. The lowest BCUT2D eigenvalue weighted by molar-refractivity contribution is -0.434. The Balaban J connectivity index is 2.49. The van der Waals surface area contributed by atoms with E-state index in [-0.39, 0.29) is 19.3 Å². The highest BCUT2D eigenvalue weighted by molar-refractivity contribution is 5.71. The van der Waals surface area contributed by atoms with Crippen molar-refractivity contribution in [3.05, 3.63) is 12.8 Å². The van der Waals surface area contributed by atoms with E-state index in [4.69, 9.17) is 9.84 Å². The van der Waals surface area contributed by atoms with Gasteiger partial charge in [-0.15, -0.1) is 0 Å². The van der Waals surface area contributed by atoms with Gasteiger partial charge in [0.2, 0.25) is 0 Å². The highest BCUT2D eigenvalue weighted by atomic mass is 16.8. The average molecular weight is 350 g/mol. The van der Waals surface area contributed by atoms with Crippen molar-refractivity contribution in [3.63, 3.8) is 0 Å². The maximum Gasteiger partial charge on any atom is 0.357 e. The van der Waals surface area contributed by atoms with Crippen molar-refractivity contribution < 1.29 is 49.3 Å². The molecule has 1 aliphatic rings. The smallest absolute Gasteiger partial charge is 0.357 e. The minimum atomic E-state index is -2.90. The summed E-state index contributed by atoms with van der Waals surface area (Å²) in [6.07, 6.45) is -5.75. The molecule has 1 saturated heterocycles. The van der Waals surface area contributed by atoms with Crippen LogP contribution in [-0.2, 0) is 23.8 Å². The minimum Gasteiger partial charge on any atom is -0.435 e. The Morgan fingerprint density at radius 3 is 2.25 bits per heavy atom. The fraction of sp³-hybridized carbons (Fsp3) is 0.714. The zero-order valence-corrected chi connectivity index (χ0v) is 12.9. The molecule has 10 heteroatoms. The normalized spacial score (nSPS) is 32.9. The molecule has 138 valence electrons. The molecular weight excluding hydrogens is 328 g/mol. The summed E-state index contributed by atoms with van der Waals surface area (Å²) in [7, 11) is 0. The first-order chi connectivity index (χ1) is 11.2. The second kappa shape index (κ2) is 9.06. The SMILES string of the molecule is C=COC(=O)CCCCC(=O)O[C@@]1(O)O[C@H](CO)[C@H](O)[C@H](O)[C@H]1O. The first kappa shape index (κ1) is 20.5. The molecule has 0 aromatic heterocycles. The molecule has 5 atom stereocenters. The molecule has 5 N–H and O–H groups in total. The number of carbonyl (C=O) groups excluding carboxylic acids is 2. The Kier molecular flexibility index (Phi) is 7.73. The van der Waals surface area contributed by atoms with Crippen molar-refractivity contribution in [1.82, 2.24) is 0 Å². The van der Waals surface area contributed by atoms with Gasteiger partial charge in [-0.3, -0.25) is 9.59 Å². The second-order valence-corrected chi connectivity index (χ2v) is 5.23. The molecule has 0 aromatic carbocycles. The van der Waals surface area contributed by atoms with Crippen molar-refractivity contribution in [1.29, 1.82) is 0 Å². The second-order valence-electron chi connectivity index (χ2n) is 5.23. The van der Waals surface area contributed by atoms with Gasteiger partial charge in [0, 0.05) is 12.8 Å². The molecule has 1 fully saturated rings. The highest BCUT2D eigenvalue weighted by Gasteiger charge is 2.55. The van der Waals surface area contributed by atoms with Gasteiger partial charge in [-0.05, 0) is 12.8 Å². The molecule has 0 radical (unpaired) electrons. The molecule has 10 nitrogen and oxygen atoms in total. The summed E-state index contributed by atoms with van der Waals surface area (Å²) < 4.78 is 13.9. The molecule has 0 bridgehead atoms. The Hall–Kier alpha value is -1.56. The maximum atomic E-state index is 11.7. The summed E-state index contributed by atoms with van der Waals surface area (Å²) in [5, 5.41) is 47.9. The number of esters is 2. The highest BCUT2D eigenvalue weighted by Crippen LogP contribution is 2.29. The van der Waals surface area contributed by atoms with Gasteiger partial charge in [0.1, 0.15) is 18.3 Å². The lowest BCUT2D eigenvalue weighted by Gasteiger charge is -2.43. The fourth-order valence-corrected chi connectivity index (χ4v) is 2.11. The molecule has 0 saturated carbocycles. The van der Waals surface area contributed by atoms with Crippen LogP contribution < -0.4 is 0 Å². The van der Waals surface area contributed by atoms with Gasteiger partial charge < -0.3 is 39.7 Å². The van der Waals surface area contributed by atoms with Crippen LogP contribution in [0.4, 0.5) is 0 Å². The first-order valence-corrected chi connectivity index (χ1v) is 7.32. The van der Waals surface area contributed by atoms with Gasteiger partial charge in [-0.2, -0.15) is 0 Å². The number of hydrogen-bond acceptors (Lipinski definition) is 10. The van der Waals surface area contributed by atoms with Crippen LogP contribution in [0.2, 0.25) is 0 Å². The van der Waals surface area contributed by atoms with Gasteiger partial charge in [0.15, 0.2) is 6.10 Å². The molecule has 0 spiro atoms. The van der Waals surface area contributed by atoms with E-state index in [1.54, 1.807) is 0 Å². The Bertz CT molecular complexity index is 451. The third-order valence-corrected chi connectivity index (χ3v) is 3.41. The quantitative estimate of drug-likeness (QED) is 0.142. The summed E-state index contributed by atoms with van der Waals surface area (Å²) in [5.41, 5.74) is 0. The van der Waals surface area contributed by atoms with E-state index in [2.05, 4.69) is 16.1 Å². The lowest BCUT2D eigenvalue weighted by Crippen LogP contribution is -2.66. The topological polar surface area (TPSA) is 163 Å². The number of carbonyl (C=O) groups is 2. The van der Waals surface area contributed by atoms with Crippen molar-refractivity contribution in [2.24, 2.45) is 0 Å². The van der Waals surface area contributed by atoms with Crippen LogP contribution in [0.25, 0.3) is 0 Å². The zero-order valence-electron chi connectivity index (χ0n) is 12.9. The molecule has 24 heavy (non-hydrogen) atoms. The van der Waals surface area contributed by atoms with Gasteiger partial charge >= 0.3 is 17.9 Å². The molecule has 0 aromatic rings. The van der Waals surface area contributed by atoms with Crippen molar-refractivity contribution >= 4 is 11.9 Å². The van der Waals surface area contributed by atoms with Crippen LogP contribution in [-0.4, -0.2) is 74.5 Å². The number of aliphatic hydroxyl groups excluding tert-OH is 4. The largest absolute Gasteiger partial charge is 0.435 e. The summed E-state index contributed by atoms with van der Waals surface area (Å²) in [6, 6.07) is 0. The predicted octanol–water partition coefficient (Wildman–Crippen LogP) is -2.10. The van der Waals surface area contributed by atoms with Crippen molar-refractivity contribution in [2.45, 2.75) is 56.1 Å². The van der Waals surface area contributed by atoms with Crippen LogP contribution >= 0.6 is 0 Å². The summed E-state index contributed by atoms with van der Waals surface area (Å²) >= 11 is 0. The van der Waals surface area contributed by atoms with E-state index in [0.717, 1.165) is 6.26 Å². The monoisotopic (exact) mass is 350 g/mol. The molecule has 0 unspecified atom stereocenters. The molecule has 0 amide bonds. The van der Waals surface area contributed by atoms with Gasteiger partial charge in [0.25, 0.3) is 0 Å². The fourth-order valence-electron chi connectivity index (χ4n) is 2.11. The molecular formula is C14H22O10.